The van der Waals surface area contributed by atoms with Crippen molar-refractivity contribution >= 4 is 6.21 Å². The summed E-state index contributed by atoms with van der Waals surface area (Å²) in [5.41, 5.74) is 0. The van der Waals surface area contributed by atoms with Gasteiger partial charge in [-0.25, -0.2) is 0 Å². The van der Waals surface area contributed by atoms with Gasteiger partial charge in [-0.3, -0.25) is 4.99 Å². The molecule has 1 unspecified atom stereocenters. The Morgan fingerprint density at radius 1 is 1.27 bits per heavy atom. The van der Waals surface area contributed by atoms with Crippen molar-refractivity contribution in [1.82, 2.24) is 0 Å². The van der Waals surface area contributed by atoms with E-state index in [1.165, 1.54) is 12.8 Å². The Balaban J connectivity index is 3.36. The molecular formula is C10H21N. The van der Waals surface area contributed by atoms with E-state index in [-0.39, 0.29) is 0 Å². The molecule has 0 heterocycles. The molecule has 1 heteroatoms. The standard InChI is InChI=1S/C10H21N/c1-5-6-10(4)7-8-11-9(2)3/h8-10H,5-7H2,1-4H3. The van der Waals surface area contributed by atoms with Crippen LogP contribution in [0.3, 0.4) is 0 Å². The first-order chi connectivity index (χ1) is 5.16. The Morgan fingerprint density at radius 3 is 2.36 bits per heavy atom. The van der Waals surface area contributed by atoms with Crippen molar-refractivity contribution in [1.29, 1.82) is 0 Å². The second-order valence-corrected chi connectivity index (χ2v) is 3.55. The van der Waals surface area contributed by atoms with E-state index in [4.69, 9.17) is 0 Å². The molecule has 0 radical (unpaired) electrons. The third-order valence-electron chi connectivity index (χ3n) is 1.69. The van der Waals surface area contributed by atoms with Crippen LogP contribution in [-0.4, -0.2) is 12.3 Å². The fraction of sp³-hybridized carbons (Fsp3) is 0.900. The molecule has 0 aromatic rings. The Morgan fingerprint density at radius 2 is 1.91 bits per heavy atom. The summed E-state index contributed by atoms with van der Waals surface area (Å²) < 4.78 is 0. The summed E-state index contributed by atoms with van der Waals surface area (Å²) in [5, 5.41) is 0. The van der Waals surface area contributed by atoms with Gasteiger partial charge in [-0.2, -0.15) is 0 Å². The predicted octanol–water partition coefficient (Wildman–Crippen LogP) is 3.29. The van der Waals surface area contributed by atoms with Gasteiger partial charge in [-0.15, -0.1) is 0 Å². The quantitative estimate of drug-likeness (QED) is 0.540. The van der Waals surface area contributed by atoms with Gasteiger partial charge in [0.15, 0.2) is 0 Å². The molecule has 0 saturated carbocycles. The number of nitrogens with zero attached hydrogens (tertiary/aromatic N) is 1. The number of hydrogen-bond donors (Lipinski definition) is 0. The van der Waals surface area contributed by atoms with E-state index in [0.29, 0.717) is 6.04 Å². The molecule has 0 spiro atoms. The normalized spacial score (nSPS) is 14.6. The molecule has 0 saturated heterocycles. The van der Waals surface area contributed by atoms with Crippen molar-refractivity contribution < 1.29 is 0 Å². The molecule has 0 bridgehead atoms. The van der Waals surface area contributed by atoms with Crippen LogP contribution < -0.4 is 0 Å². The van der Waals surface area contributed by atoms with Gasteiger partial charge in [-0.1, -0.05) is 26.7 Å². The molecule has 0 amide bonds. The Bertz CT molecular complexity index is 105. The maximum Gasteiger partial charge on any atom is 0.0439 e. The van der Waals surface area contributed by atoms with E-state index in [1.807, 2.05) is 0 Å². The maximum atomic E-state index is 4.32. The van der Waals surface area contributed by atoms with E-state index in [0.717, 1.165) is 12.3 Å². The van der Waals surface area contributed by atoms with Crippen molar-refractivity contribution in [3.63, 3.8) is 0 Å². The van der Waals surface area contributed by atoms with Crippen molar-refractivity contribution in [2.24, 2.45) is 10.9 Å². The molecule has 0 rings (SSSR count). The molecule has 0 aliphatic heterocycles. The first-order valence-electron chi connectivity index (χ1n) is 4.68. The van der Waals surface area contributed by atoms with Gasteiger partial charge in [0.25, 0.3) is 0 Å². The summed E-state index contributed by atoms with van der Waals surface area (Å²) >= 11 is 0. The Kier molecular flexibility index (Phi) is 6.19. The Labute approximate surface area is 70.9 Å². The van der Waals surface area contributed by atoms with Gasteiger partial charge >= 0.3 is 0 Å². The lowest BCUT2D eigenvalue weighted by Crippen LogP contribution is -1.96. The second-order valence-electron chi connectivity index (χ2n) is 3.55. The molecule has 0 N–H and O–H groups in total. The van der Waals surface area contributed by atoms with Gasteiger partial charge in [0.05, 0.1) is 0 Å². The lowest BCUT2D eigenvalue weighted by molar-refractivity contribution is 0.547. The van der Waals surface area contributed by atoms with Crippen LogP contribution in [-0.2, 0) is 0 Å². The lowest BCUT2D eigenvalue weighted by atomic mass is 10.0. The van der Waals surface area contributed by atoms with Crippen LogP contribution in [0.15, 0.2) is 4.99 Å². The fourth-order valence-electron chi connectivity index (χ4n) is 1.06. The average Bonchev–Trinajstić information content (AvgIpc) is 1.87. The third-order valence-corrected chi connectivity index (χ3v) is 1.69. The summed E-state index contributed by atoms with van der Waals surface area (Å²) in [7, 11) is 0. The first kappa shape index (κ1) is 10.7. The van der Waals surface area contributed by atoms with E-state index in [1.54, 1.807) is 0 Å². The number of rotatable bonds is 5. The molecule has 0 fully saturated rings. The SMILES string of the molecule is CCCC(C)CC=NC(C)C. The largest absolute Gasteiger partial charge is 0.295 e. The molecule has 66 valence electrons. The zero-order valence-electron chi connectivity index (χ0n) is 8.30. The highest BCUT2D eigenvalue weighted by molar-refractivity contribution is 5.57. The minimum Gasteiger partial charge on any atom is -0.295 e. The number of aliphatic imine (C=N–C) groups is 1. The monoisotopic (exact) mass is 155 g/mol. The summed E-state index contributed by atoms with van der Waals surface area (Å²) in [6.45, 7) is 8.74. The van der Waals surface area contributed by atoms with Crippen LogP contribution in [0, 0.1) is 5.92 Å². The van der Waals surface area contributed by atoms with Crippen LogP contribution >= 0.6 is 0 Å². The number of hydrogen-bond acceptors (Lipinski definition) is 1. The first-order valence-corrected chi connectivity index (χ1v) is 4.68. The topological polar surface area (TPSA) is 12.4 Å². The van der Waals surface area contributed by atoms with Crippen molar-refractivity contribution in [3.05, 3.63) is 0 Å². The smallest absolute Gasteiger partial charge is 0.0439 e. The summed E-state index contributed by atoms with van der Waals surface area (Å²) in [6, 6.07) is 0.462. The van der Waals surface area contributed by atoms with Crippen molar-refractivity contribution in [2.45, 2.75) is 53.0 Å². The minimum atomic E-state index is 0.462. The summed E-state index contributed by atoms with van der Waals surface area (Å²) in [5.74, 6) is 0.808. The molecule has 1 atom stereocenters. The van der Waals surface area contributed by atoms with Crippen LogP contribution in [0.5, 0.6) is 0 Å². The van der Waals surface area contributed by atoms with Gasteiger partial charge in [0.2, 0.25) is 0 Å². The van der Waals surface area contributed by atoms with Crippen LogP contribution in [0.2, 0.25) is 0 Å². The Hall–Kier alpha value is -0.330. The van der Waals surface area contributed by atoms with E-state index >= 15 is 0 Å². The van der Waals surface area contributed by atoms with Crippen molar-refractivity contribution in [2.75, 3.05) is 0 Å². The molecular weight excluding hydrogens is 134 g/mol. The lowest BCUT2D eigenvalue weighted by Gasteiger charge is -2.04. The van der Waals surface area contributed by atoms with Gasteiger partial charge in [0, 0.05) is 6.04 Å². The highest BCUT2D eigenvalue weighted by Crippen LogP contribution is 2.07. The van der Waals surface area contributed by atoms with Gasteiger partial charge < -0.3 is 0 Å². The highest BCUT2D eigenvalue weighted by Gasteiger charge is 1.96. The zero-order valence-corrected chi connectivity index (χ0v) is 8.30. The second kappa shape index (κ2) is 6.38. The van der Waals surface area contributed by atoms with Crippen LogP contribution in [0.4, 0.5) is 0 Å². The predicted molar refractivity (Wildman–Crippen MR) is 52.3 cm³/mol. The highest BCUT2D eigenvalue weighted by atomic mass is 14.7. The summed E-state index contributed by atoms with van der Waals surface area (Å²) in [6.07, 6.45) is 5.83. The molecule has 0 aliphatic rings. The van der Waals surface area contributed by atoms with Gasteiger partial charge in [0.1, 0.15) is 0 Å². The van der Waals surface area contributed by atoms with Crippen LogP contribution in [0.1, 0.15) is 47.0 Å². The van der Waals surface area contributed by atoms with E-state index in [2.05, 4.69) is 38.9 Å². The molecule has 11 heavy (non-hydrogen) atoms. The van der Waals surface area contributed by atoms with Crippen LogP contribution in [0.25, 0.3) is 0 Å². The average molecular weight is 155 g/mol. The fourth-order valence-corrected chi connectivity index (χ4v) is 1.06. The third kappa shape index (κ3) is 7.57. The summed E-state index contributed by atoms with van der Waals surface area (Å²) in [4.78, 5) is 4.32. The molecule has 0 aromatic carbocycles. The molecule has 0 aliphatic carbocycles. The molecule has 1 nitrogen and oxygen atoms in total. The maximum absolute atomic E-state index is 4.32. The minimum absolute atomic E-state index is 0.462. The van der Waals surface area contributed by atoms with E-state index in [9.17, 15) is 0 Å². The molecule has 0 aromatic heterocycles. The van der Waals surface area contributed by atoms with Gasteiger partial charge in [-0.05, 0) is 32.4 Å². The zero-order chi connectivity index (χ0) is 8.69. The van der Waals surface area contributed by atoms with Crippen molar-refractivity contribution in [3.8, 4) is 0 Å². The van der Waals surface area contributed by atoms with E-state index < -0.39 is 0 Å².